The van der Waals surface area contributed by atoms with Crippen LogP contribution in [0, 0.1) is 0 Å². The van der Waals surface area contributed by atoms with Crippen LogP contribution in [-0.2, 0) is 0 Å². The lowest BCUT2D eigenvalue weighted by atomic mass is 10.1. The Morgan fingerprint density at radius 3 is 2.85 bits per heavy atom. The molecule has 1 N–H and O–H groups in total. The van der Waals surface area contributed by atoms with Crippen molar-refractivity contribution in [1.29, 1.82) is 0 Å². The van der Waals surface area contributed by atoms with Crippen LogP contribution < -0.4 is 5.32 Å². The summed E-state index contributed by atoms with van der Waals surface area (Å²) >= 11 is 0. The molecule has 2 heterocycles. The molecule has 0 aromatic carbocycles. The number of nitrogens with one attached hydrogen (secondary N) is 1. The summed E-state index contributed by atoms with van der Waals surface area (Å²) in [6.45, 7) is 6.36. The van der Waals surface area contributed by atoms with E-state index < -0.39 is 0 Å². The summed E-state index contributed by atoms with van der Waals surface area (Å²) in [6, 6.07) is 2.67. The Labute approximate surface area is 119 Å². The second-order valence-corrected chi connectivity index (χ2v) is 6.20. The molecule has 1 aromatic rings. The van der Waals surface area contributed by atoms with Crippen molar-refractivity contribution in [3.63, 3.8) is 0 Å². The van der Waals surface area contributed by atoms with Crippen molar-refractivity contribution in [1.82, 2.24) is 20.4 Å². The number of nitrogens with zero attached hydrogens (tertiary/aromatic N) is 3. The Morgan fingerprint density at radius 1 is 1.40 bits per heavy atom. The van der Waals surface area contributed by atoms with Gasteiger partial charge in [0.05, 0.1) is 6.20 Å². The average molecular weight is 274 g/mol. The highest BCUT2D eigenvalue weighted by Gasteiger charge is 2.27. The second kappa shape index (κ2) is 5.48. The van der Waals surface area contributed by atoms with Gasteiger partial charge in [0.1, 0.15) is 0 Å². The Hall–Kier alpha value is -1.49. The topological polar surface area (TPSA) is 58.1 Å². The van der Waals surface area contributed by atoms with Crippen molar-refractivity contribution in [3.05, 3.63) is 23.5 Å². The van der Waals surface area contributed by atoms with E-state index in [4.69, 9.17) is 0 Å². The first kappa shape index (κ1) is 13.5. The van der Waals surface area contributed by atoms with Gasteiger partial charge in [0.25, 0.3) is 5.91 Å². The largest absolute Gasteiger partial charge is 0.347 e. The first-order chi connectivity index (χ1) is 9.63. The molecule has 108 valence electrons. The monoisotopic (exact) mass is 274 g/mol. The molecule has 1 unspecified atom stereocenters. The van der Waals surface area contributed by atoms with E-state index in [2.05, 4.69) is 34.3 Å². The van der Waals surface area contributed by atoms with Crippen LogP contribution in [0.15, 0.2) is 12.3 Å². The highest BCUT2D eigenvalue weighted by atomic mass is 16.2. The smallest absolute Gasteiger partial charge is 0.272 e. The number of rotatable bonds is 4. The molecule has 20 heavy (non-hydrogen) atoms. The van der Waals surface area contributed by atoms with Gasteiger partial charge in [-0.1, -0.05) is 0 Å². The van der Waals surface area contributed by atoms with Gasteiger partial charge in [-0.05, 0) is 50.7 Å². The van der Waals surface area contributed by atoms with Gasteiger partial charge in [-0.3, -0.25) is 9.69 Å². The van der Waals surface area contributed by atoms with Crippen molar-refractivity contribution in [2.24, 2.45) is 0 Å². The van der Waals surface area contributed by atoms with E-state index >= 15 is 0 Å². The van der Waals surface area contributed by atoms with Crippen LogP contribution in [0.4, 0.5) is 0 Å². The van der Waals surface area contributed by atoms with Crippen LogP contribution in [0.25, 0.3) is 0 Å². The highest BCUT2D eigenvalue weighted by molar-refractivity contribution is 5.92. The van der Waals surface area contributed by atoms with Gasteiger partial charge >= 0.3 is 0 Å². The zero-order valence-electron chi connectivity index (χ0n) is 12.2. The Bertz CT molecular complexity index is 498. The Morgan fingerprint density at radius 2 is 2.20 bits per heavy atom. The maximum absolute atomic E-state index is 12.2. The van der Waals surface area contributed by atoms with Crippen molar-refractivity contribution in [2.45, 2.75) is 51.1 Å². The molecule has 5 nitrogen and oxygen atoms in total. The minimum Gasteiger partial charge on any atom is -0.347 e. The van der Waals surface area contributed by atoms with Gasteiger partial charge in [-0.15, -0.1) is 5.10 Å². The summed E-state index contributed by atoms with van der Waals surface area (Å²) in [6.07, 6.45) is 5.21. The van der Waals surface area contributed by atoms with Crippen molar-refractivity contribution < 1.29 is 4.79 Å². The summed E-state index contributed by atoms with van der Waals surface area (Å²) < 4.78 is 0. The van der Waals surface area contributed by atoms with E-state index in [0.717, 1.165) is 25.1 Å². The molecule has 1 aromatic heterocycles. The lowest BCUT2D eigenvalue weighted by Gasteiger charge is -2.20. The number of hydrogen-bond donors (Lipinski definition) is 1. The molecule has 5 heteroatoms. The Balaban J connectivity index is 1.60. The second-order valence-electron chi connectivity index (χ2n) is 6.20. The standard InChI is InChI=1S/C15H22N4O/c1-10(2)19-6-5-13(9-19)17-15(20)14-7-12(8-16-18-14)11-3-4-11/h7-8,10-11,13H,3-6,9H2,1-2H3,(H,17,20). The first-order valence-electron chi connectivity index (χ1n) is 7.51. The predicted molar refractivity (Wildman–Crippen MR) is 76.6 cm³/mol. The minimum absolute atomic E-state index is 0.0874. The molecule has 0 bridgehead atoms. The first-order valence-corrected chi connectivity index (χ1v) is 7.51. The van der Waals surface area contributed by atoms with Crippen LogP contribution in [0.3, 0.4) is 0 Å². The van der Waals surface area contributed by atoms with Gasteiger partial charge < -0.3 is 5.32 Å². The summed E-state index contributed by atoms with van der Waals surface area (Å²) in [5.41, 5.74) is 1.61. The van der Waals surface area contributed by atoms with Crippen LogP contribution in [-0.4, -0.2) is 46.2 Å². The minimum atomic E-state index is -0.0874. The number of carbonyl (C=O) groups excluding carboxylic acids is 1. The molecular weight excluding hydrogens is 252 g/mol. The Kier molecular flexibility index (Phi) is 3.70. The lowest BCUT2D eigenvalue weighted by molar-refractivity contribution is 0.0930. The van der Waals surface area contributed by atoms with Gasteiger partial charge in [-0.2, -0.15) is 5.10 Å². The van der Waals surface area contributed by atoms with Gasteiger partial charge in [-0.25, -0.2) is 0 Å². The fraction of sp³-hybridized carbons (Fsp3) is 0.667. The third-order valence-electron chi connectivity index (χ3n) is 4.24. The zero-order chi connectivity index (χ0) is 14.1. The number of carbonyl (C=O) groups is 1. The lowest BCUT2D eigenvalue weighted by Crippen LogP contribution is -2.38. The number of hydrogen-bond acceptors (Lipinski definition) is 4. The molecule has 2 fully saturated rings. The average Bonchev–Trinajstić information content (AvgIpc) is 3.19. The van der Waals surface area contributed by atoms with E-state index in [-0.39, 0.29) is 11.9 Å². The van der Waals surface area contributed by atoms with Crippen LogP contribution in [0.5, 0.6) is 0 Å². The van der Waals surface area contributed by atoms with Crippen LogP contribution >= 0.6 is 0 Å². The molecule has 1 aliphatic heterocycles. The summed E-state index contributed by atoms with van der Waals surface area (Å²) in [5, 5.41) is 11.0. The van der Waals surface area contributed by atoms with E-state index in [1.807, 2.05) is 6.07 Å². The summed E-state index contributed by atoms with van der Waals surface area (Å²) in [5.74, 6) is 0.510. The van der Waals surface area contributed by atoms with Crippen molar-refractivity contribution in [2.75, 3.05) is 13.1 Å². The molecule has 2 aliphatic rings. The quantitative estimate of drug-likeness (QED) is 0.905. The number of likely N-dealkylation sites (tertiary alicyclic amines) is 1. The van der Waals surface area contributed by atoms with Crippen LogP contribution in [0.2, 0.25) is 0 Å². The molecule has 1 saturated carbocycles. The van der Waals surface area contributed by atoms with Gasteiger partial charge in [0, 0.05) is 25.2 Å². The molecule has 1 saturated heterocycles. The molecule has 0 radical (unpaired) electrons. The third kappa shape index (κ3) is 2.98. The molecule has 1 amide bonds. The van der Waals surface area contributed by atoms with Gasteiger partial charge in [0.15, 0.2) is 5.69 Å². The number of aromatic nitrogens is 2. The normalized spacial score (nSPS) is 23.2. The van der Waals surface area contributed by atoms with Crippen molar-refractivity contribution >= 4 is 5.91 Å². The molecule has 0 spiro atoms. The maximum Gasteiger partial charge on any atom is 0.272 e. The van der Waals surface area contributed by atoms with E-state index in [1.165, 1.54) is 12.8 Å². The molecular formula is C15H22N4O. The molecule has 3 rings (SSSR count). The van der Waals surface area contributed by atoms with E-state index in [1.54, 1.807) is 6.20 Å². The highest BCUT2D eigenvalue weighted by Crippen LogP contribution is 2.39. The third-order valence-corrected chi connectivity index (χ3v) is 4.24. The fourth-order valence-electron chi connectivity index (χ4n) is 2.77. The number of amides is 1. The fourth-order valence-corrected chi connectivity index (χ4v) is 2.77. The maximum atomic E-state index is 12.2. The van der Waals surface area contributed by atoms with E-state index in [9.17, 15) is 4.79 Å². The molecule has 1 atom stereocenters. The van der Waals surface area contributed by atoms with Crippen molar-refractivity contribution in [3.8, 4) is 0 Å². The summed E-state index contributed by atoms with van der Waals surface area (Å²) in [4.78, 5) is 14.6. The predicted octanol–water partition coefficient (Wildman–Crippen LogP) is 1.57. The zero-order valence-corrected chi connectivity index (χ0v) is 12.2. The van der Waals surface area contributed by atoms with Crippen LogP contribution in [0.1, 0.15) is 55.1 Å². The molecule has 1 aliphatic carbocycles. The van der Waals surface area contributed by atoms with Gasteiger partial charge in [0.2, 0.25) is 0 Å². The van der Waals surface area contributed by atoms with E-state index in [0.29, 0.717) is 17.7 Å². The summed E-state index contributed by atoms with van der Waals surface area (Å²) in [7, 11) is 0. The SMILES string of the molecule is CC(C)N1CCC(NC(=O)c2cc(C3CC3)cnn2)C1.